The van der Waals surface area contributed by atoms with Crippen LogP contribution in [0.4, 0.5) is 10.5 Å². The number of benzene rings is 1. The Hall–Kier alpha value is -2.29. The predicted octanol–water partition coefficient (Wildman–Crippen LogP) is 3.15. The molecular weight excluding hydrogens is 348 g/mol. The molecule has 0 bridgehead atoms. The first-order chi connectivity index (χ1) is 11.6. The van der Waals surface area contributed by atoms with Crippen molar-refractivity contribution < 1.29 is 24.0 Å². The molecule has 0 heterocycles. The standard InChI is InChI=1S/C16H22N2O6S/c1-16(2,3)24-15(20)17-13(9-10-25-4)14(19)23-12-7-5-11(6-8-12)18(21)22/h5-8,13H,9-10H2,1-4H3,(H,17,20). The lowest BCUT2D eigenvalue weighted by atomic mass is 10.2. The van der Waals surface area contributed by atoms with E-state index >= 15 is 0 Å². The lowest BCUT2D eigenvalue weighted by Gasteiger charge is -2.22. The van der Waals surface area contributed by atoms with Crippen molar-refractivity contribution in [3.63, 3.8) is 0 Å². The lowest BCUT2D eigenvalue weighted by Crippen LogP contribution is -2.45. The zero-order chi connectivity index (χ0) is 19.0. The minimum atomic E-state index is -0.877. The van der Waals surface area contributed by atoms with Crippen LogP contribution in [0, 0.1) is 10.1 Å². The average molecular weight is 370 g/mol. The van der Waals surface area contributed by atoms with Gasteiger partial charge in [0.2, 0.25) is 0 Å². The van der Waals surface area contributed by atoms with Crippen LogP contribution in [0.3, 0.4) is 0 Å². The van der Waals surface area contributed by atoms with Crippen LogP contribution >= 0.6 is 11.8 Å². The Kier molecular flexibility index (Phi) is 7.69. The zero-order valence-corrected chi connectivity index (χ0v) is 15.4. The number of esters is 1. The van der Waals surface area contributed by atoms with E-state index in [-0.39, 0.29) is 11.4 Å². The van der Waals surface area contributed by atoms with Gasteiger partial charge >= 0.3 is 12.1 Å². The zero-order valence-electron chi connectivity index (χ0n) is 14.6. The Morgan fingerprint density at radius 3 is 2.36 bits per heavy atom. The van der Waals surface area contributed by atoms with Gasteiger partial charge in [-0.15, -0.1) is 0 Å². The van der Waals surface area contributed by atoms with Crippen LogP contribution in [-0.2, 0) is 9.53 Å². The van der Waals surface area contributed by atoms with E-state index in [0.717, 1.165) is 0 Å². The molecule has 0 aliphatic rings. The summed E-state index contributed by atoms with van der Waals surface area (Å²) in [7, 11) is 0. The van der Waals surface area contributed by atoms with E-state index in [4.69, 9.17) is 9.47 Å². The fourth-order valence-electron chi connectivity index (χ4n) is 1.76. The van der Waals surface area contributed by atoms with Gasteiger partial charge in [0.05, 0.1) is 4.92 Å². The van der Waals surface area contributed by atoms with Crippen LogP contribution in [0.2, 0.25) is 0 Å². The molecule has 25 heavy (non-hydrogen) atoms. The highest BCUT2D eigenvalue weighted by Gasteiger charge is 2.25. The predicted molar refractivity (Wildman–Crippen MR) is 94.9 cm³/mol. The molecule has 9 heteroatoms. The molecule has 0 saturated heterocycles. The monoisotopic (exact) mass is 370 g/mol. The molecule has 1 unspecified atom stereocenters. The van der Waals surface area contributed by atoms with Crippen molar-refractivity contribution in [3.05, 3.63) is 34.4 Å². The Morgan fingerprint density at radius 1 is 1.28 bits per heavy atom. The number of hydrogen-bond donors (Lipinski definition) is 1. The number of alkyl carbamates (subject to hydrolysis) is 1. The number of nitrogens with one attached hydrogen (secondary N) is 1. The van der Waals surface area contributed by atoms with Gasteiger partial charge in [-0.2, -0.15) is 11.8 Å². The van der Waals surface area contributed by atoms with Crippen molar-refractivity contribution in [2.24, 2.45) is 0 Å². The quantitative estimate of drug-likeness (QED) is 0.340. The molecule has 0 aliphatic heterocycles. The molecule has 1 aromatic carbocycles. The Balaban J connectivity index is 2.75. The molecule has 138 valence electrons. The molecule has 1 rings (SSSR count). The van der Waals surface area contributed by atoms with E-state index in [1.165, 1.54) is 36.0 Å². The Bertz CT molecular complexity index is 612. The van der Waals surface area contributed by atoms with Gasteiger partial charge in [0.25, 0.3) is 5.69 Å². The van der Waals surface area contributed by atoms with Crippen molar-refractivity contribution in [1.82, 2.24) is 5.32 Å². The van der Waals surface area contributed by atoms with Crippen LogP contribution in [-0.4, -0.2) is 40.6 Å². The molecule has 0 saturated carbocycles. The molecule has 0 aromatic heterocycles. The lowest BCUT2D eigenvalue weighted by molar-refractivity contribution is -0.384. The molecular formula is C16H22N2O6S. The van der Waals surface area contributed by atoms with Gasteiger partial charge in [-0.1, -0.05) is 0 Å². The van der Waals surface area contributed by atoms with Crippen LogP contribution in [0.15, 0.2) is 24.3 Å². The van der Waals surface area contributed by atoms with E-state index in [0.29, 0.717) is 12.2 Å². The smallest absolute Gasteiger partial charge is 0.408 e. The van der Waals surface area contributed by atoms with E-state index in [9.17, 15) is 19.7 Å². The first-order valence-electron chi connectivity index (χ1n) is 7.57. The fraction of sp³-hybridized carbons (Fsp3) is 0.500. The summed E-state index contributed by atoms with van der Waals surface area (Å²) in [6.45, 7) is 5.16. The maximum atomic E-state index is 12.3. The minimum Gasteiger partial charge on any atom is -0.444 e. The molecule has 8 nitrogen and oxygen atoms in total. The second-order valence-electron chi connectivity index (χ2n) is 6.15. The highest BCUT2D eigenvalue weighted by Crippen LogP contribution is 2.18. The van der Waals surface area contributed by atoms with Crippen LogP contribution in [0.1, 0.15) is 27.2 Å². The number of nitro benzene ring substituents is 1. The summed E-state index contributed by atoms with van der Waals surface area (Å²) in [5.41, 5.74) is -0.790. The summed E-state index contributed by atoms with van der Waals surface area (Å²) in [4.78, 5) is 34.3. The summed E-state index contributed by atoms with van der Waals surface area (Å²) in [6, 6.07) is 4.25. The largest absolute Gasteiger partial charge is 0.444 e. The van der Waals surface area contributed by atoms with Gasteiger partial charge in [-0.25, -0.2) is 9.59 Å². The third-order valence-corrected chi connectivity index (χ3v) is 3.50. The molecule has 1 amide bonds. The van der Waals surface area contributed by atoms with Crippen molar-refractivity contribution in [2.75, 3.05) is 12.0 Å². The molecule has 0 spiro atoms. The molecule has 1 N–H and O–H groups in total. The highest BCUT2D eigenvalue weighted by atomic mass is 32.2. The SMILES string of the molecule is CSCCC(NC(=O)OC(C)(C)C)C(=O)Oc1ccc([N+](=O)[O-])cc1. The second kappa shape index (κ2) is 9.26. The van der Waals surface area contributed by atoms with Crippen molar-refractivity contribution in [2.45, 2.75) is 38.8 Å². The topological polar surface area (TPSA) is 108 Å². The molecule has 0 aliphatic carbocycles. The van der Waals surface area contributed by atoms with E-state index in [1.54, 1.807) is 20.8 Å². The summed E-state index contributed by atoms with van der Waals surface area (Å²) in [5, 5.41) is 13.1. The highest BCUT2D eigenvalue weighted by molar-refractivity contribution is 7.98. The number of nitro groups is 1. The number of rotatable bonds is 7. The Morgan fingerprint density at radius 2 is 1.88 bits per heavy atom. The third kappa shape index (κ3) is 7.88. The molecule has 0 radical (unpaired) electrons. The number of ether oxygens (including phenoxy) is 2. The van der Waals surface area contributed by atoms with Crippen LogP contribution in [0.5, 0.6) is 5.75 Å². The number of amides is 1. The van der Waals surface area contributed by atoms with Gasteiger partial charge in [-0.3, -0.25) is 10.1 Å². The normalized spacial score (nSPS) is 12.2. The van der Waals surface area contributed by atoms with Crippen molar-refractivity contribution >= 4 is 29.5 Å². The van der Waals surface area contributed by atoms with Gasteiger partial charge in [0.15, 0.2) is 0 Å². The van der Waals surface area contributed by atoms with Gasteiger partial charge in [0.1, 0.15) is 17.4 Å². The van der Waals surface area contributed by atoms with Gasteiger partial charge in [0, 0.05) is 12.1 Å². The van der Waals surface area contributed by atoms with Crippen molar-refractivity contribution in [3.8, 4) is 5.75 Å². The molecule has 1 aromatic rings. The fourth-order valence-corrected chi connectivity index (χ4v) is 2.23. The number of carbonyl (C=O) groups is 2. The summed E-state index contributed by atoms with van der Waals surface area (Å²) < 4.78 is 10.3. The summed E-state index contributed by atoms with van der Waals surface area (Å²) >= 11 is 1.52. The number of non-ortho nitro benzene ring substituents is 1. The maximum Gasteiger partial charge on any atom is 0.408 e. The average Bonchev–Trinajstić information content (AvgIpc) is 2.50. The number of carbonyl (C=O) groups excluding carboxylic acids is 2. The van der Waals surface area contributed by atoms with E-state index in [1.807, 2.05) is 6.26 Å². The van der Waals surface area contributed by atoms with Gasteiger partial charge in [-0.05, 0) is 51.3 Å². The van der Waals surface area contributed by atoms with Gasteiger partial charge < -0.3 is 14.8 Å². The van der Waals surface area contributed by atoms with Crippen molar-refractivity contribution in [1.29, 1.82) is 0 Å². The number of nitrogens with zero attached hydrogens (tertiary/aromatic N) is 1. The van der Waals surface area contributed by atoms with E-state index < -0.39 is 28.6 Å². The first kappa shape index (κ1) is 20.8. The summed E-state index contributed by atoms with van der Waals surface area (Å²) in [5.74, 6) is 0.139. The number of thioether (sulfide) groups is 1. The molecule has 0 fully saturated rings. The summed E-state index contributed by atoms with van der Waals surface area (Å²) in [6.07, 6.45) is 1.54. The third-order valence-electron chi connectivity index (χ3n) is 2.85. The van der Waals surface area contributed by atoms with Crippen LogP contribution in [0.25, 0.3) is 0 Å². The molecule has 1 atom stereocenters. The number of hydrogen-bond acceptors (Lipinski definition) is 7. The van der Waals surface area contributed by atoms with E-state index in [2.05, 4.69) is 5.32 Å². The van der Waals surface area contributed by atoms with Crippen LogP contribution < -0.4 is 10.1 Å². The minimum absolute atomic E-state index is 0.106. The maximum absolute atomic E-state index is 12.3. The second-order valence-corrected chi connectivity index (χ2v) is 7.14. The first-order valence-corrected chi connectivity index (χ1v) is 8.96. The Labute approximate surface area is 150 Å².